The summed E-state index contributed by atoms with van der Waals surface area (Å²) in [5.74, 6) is 0. The maximum Gasteiger partial charge on any atom is 0.121 e. The van der Waals surface area contributed by atoms with Crippen molar-refractivity contribution in [3.8, 4) is 0 Å². The van der Waals surface area contributed by atoms with Crippen molar-refractivity contribution in [1.82, 2.24) is 0 Å². The average molecular weight is 391 g/mol. The standard InChI is InChI=1S/C22H46O5/c1-2-3-4-5-6-7-8-9-10-11-12-13-14-15-16-21(17-23,18-24)22(27,19-25)20-26/h23-27H,2-20H2,1H3. The molecule has 0 radical (unpaired) electrons. The zero-order chi connectivity index (χ0) is 20.4. The van der Waals surface area contributed by atoms with Crippen LogP contribution in [0.5, 0.6) is 0 Å². The lowest BCUT2D eigenvalue weighted by Gasteiger charge is -2.43. The van der Waals surface area contributed by atoms with Crippen LogP contribution in [0.15, 0.2) is 0 Å². The first-order valence-corrected chi connectivity index (χ1v) is 11.2. The molecule has 5 heteroatoms. The molecule has 0 aromatic carbocycles. The molecule has 0 aliphatic rings. The zero-order valence-electron chi connectivity index (χ0n) is 17.7. The Bertz CT molecular complexity index is 314. The molecule has 0 atom stereocenters. The maximum atomic E-state index is 10.3. The molecule has 0 saturated heterocycles. The van der Waals surface area contributed by atoms with Crippen LogP contribution in [0, 0.1) is 5.41 Å². The third-order valence-electron chi connectivity index (χ3n) is 6.12. The van der Waals surface area contributed by atoms with Crippen molar-refractivity contribution in [2.45, 2.75) is 109 Å². The summed E-state index contributed by atoms with van der Waals surface area (Å²) in [6.07, 6.45) is 17.8. The smallest absolute Gasteiger partial charge is 0.121 e. The molecule has 0 aromatic heterocycles. The van der Waals surface area contributed by atoms with E-state index in [0.29, 0.717) is 6.42 Å². The number of hydrogen-bond acceptors (Lipinski definition) is 5. The fourth-order valence-electron chi connectivity index (χ4n) is 3.78. The van der Waals surface area contributed by atoms with E-state index >= 15 is 0 Å². The van der Waals surface area contributed by atoms with Crippen LogP contribution in [-0.2, 0) is 0 Å². The van der Waals surface area contributed by atoms with Crippen molar-refractivity contribution in [1.29, 1.82) is 0 Å². The Labute approximate surface area is 166 Å². The predicted molar refractivity (Wildman–Crippen MR) is 111 cm³/mol. The van der Waals surface area contributed by atoms with Crippen molar-refractivity contribution in [3.05, 3.63) is 0 Å². The summed E-state index contributed by atoms with van der Waals surface area (Å²) >= 11 is 0. The lowest BCUT2D eigenvalue weighted by atomic mass is 9.70. The van der Waals surface area contributed by atoms with Crippen LogP contribution < -0.4 is 0 Å². The van der Waals surface area contributed by atoms with Gasteiger partial charge in [-0.15, -0.1) is 0 Å². The van der Waals surface area contributed by atoms with Crippen molar-refractivity contribution in [2.75, 3.05) is 26.4 Å². The van der Waals surface area contributed by atoms with Gasteiger partial charge < -0.3 is 25.5 Å². The third-order valence-corrected chi connectivity index (χ3v) is 6.12. The highest BCUT2D eigenvalue weighted by molar-refractivity contribution is 4.98. The van der Waals surface area contributed by atoms with Crippen LogP contribution in [0.25, 0.3) is 0 Å². The molecule has 27 heavy (non-hydrogen) atoms. The number of aliphatic hydroxyl groups is 5. The SMILES string of the molecule is CCCCCCCCCCCCCCCCC(CO)(CO)C(O)(CO)CO. The highest BCUT2D eigenvalue weighted by atomic mass is 16.4. The topological polar surface area (TPSA) is 101 Å². The first kappa shape index (κ1) is 26.8. The molecule has 164 valence electrons. The highest BCUT2D eigenvalue weighted by Crippen LogP contribution is 2.36. The molecular weight excluding hydrogens is 344 g/mol. The Hall–Kier alpha value is -0.200. The molecule has 0 unspecified atom stereocenters. The van der Waals surface area contributed by atoms with Gasteiger partial charge >= 0.3 is 0 Å². The van der Waals surface area contributed by atoms with Crippen LogP contribution >= 0.6 is 0 Å². The normalized spacial score (nSPS) is 12.7. The molecule has 0 heterocycles. The Balaban J connectivity index is 3.72. The van der Waals surface area contributed by atoms with Gasteiger partial charge in [-0.3, -0.25) is 0 Å². The molecule has 5 N–H and O–H groups in total. The summed E-state index contributed by atoms with van der Waals surface area (Å²) < 4.78 is 0. The van der Waals surface area contributed by atoms with Crippen molar-refractivity contribution >= 4 is 0 Å². The van der Waals surface area contributed by atoms with Gasteiger partial charge in [-0.05, 0) is 6.42 Å². The van der Waals surface area contributed by atoms with Gasteiger partial charge in [0.1, 0.15) is 5.60 Å². The number of hydrogen-bond donors (Lipinski definition) is 5. The highest BCUT2D eigenvalue weighted by Gasteiger charge is 2.48. The summed E-state index contributed by atoms with van der Waals surface area (Å²) in [5, 5.41) is 48.3. The fraction of sp³-hybridized carbons (Fsp3) is 1.00. The van der Waals surface area contributed by atoms with E-state index < -0.39 is 37.4 Å². The molecule has 0 bridgehead atoms. The Kier molecular flexibility index (Phi) is 16.6. The first-order valence-electron chi connectivity index (χ1n) is 11.2. The Morgan fingerprint density at radius 1 is 0.481 bits per heavy atom. The average Bonchev–Trinajstić information content (AvgIpc) is 2.70. The van der Waals surface area contributed by atoms with Gasteiger partial charge in [0.2, 0.25) is 0 Å². The Morgan fingerprint density at radius 2 is 0.815 bits per heavy atom. The van der Waals surface area contributed by atoms with Crippen molar-refractivity contribution in [3.63, 3.8) is 0 Å². The van der Waals surface area contributed by atoms with E-state index in [1.54, 1.807) is 0 Å². The molecule has 0 amide bonds. The molecule has 0 fully saturated rings. The number of aliphatic hydroxyl groups excluding tert-OH is 4. The monoisotopic (exact) mass is 390 g/mol. The van der Waals surface area contributed by atoms with Gasteiger partial charge in [-0.2, -0.15) is 0 Å². The van der Waals surface area contributed by atoms with Crippen LogP contribution in [0.1, 0.15) is 103 Å². The van der Waals surface area contributed by atoms with Gasteiger partial charge in [0.15, 0.2) is 0 Å². The van der Waals surface area contributed by atoms with Crippen LogP contribution in [0.2, 0.25) is 0 Å². The van der Waals surface area contributed by atoms with Crippen molar-refractivity contribution < 1.29 is 25.5 Å². The largest absolute Gasteiger partial charge is 0.396 e. The second-order valence-electron chi connectivity index (χ2n) is 8.29. The fourth-order valence-corrected chi connectivity index (χ4v) is 3.78. The van der Waals surface area contributed by atoms with Crippen LogP contribution in [0.3, 0.4) is 0 Å². The Morgan fingerprint density at radius 3 is 1.11 bits per heavy atom. The summed E-state index contributed by atoms with van der Waals surface area (Å²) in [7, 11) is 0. The van der Waals surface area contributed by atoms with Crippen molar-refractivity contribution in [2.24, 2.45) is 5.41 Å². The summed E-state index contributed by atoms with van der Waals surface area (Å²) in [4.78, 5) is 0. The minimum absolute atomic E-state index is 0.385. The maximum absolute atomic E-state index is 10.3. The van der Waals surface area contributed by atoms with Gasteiger partial charge in [0.05, 0.1) is 26.4 Å². The van der Waals surface area contributed by atoms with Crippen LogP contribution in [0.4, 0.5) is 0 Å². The molecule has 0 rings (SSSR count). The molecule has 0 spiro atoms. The summed E-state index contributed by atoms with van der Waals surface area (Å²) in [6, 6.07) is 0. The summed E-state index contributed by atoms with van der Waals surface area (Å²) in [5.41, 5.74) is -3.11. The predicted octanol–water partition coefficient (Wildman–Crippen LogP) is 3.54. The second-order valence-corrected chi connectivity index (χ2v) is 8.29. The zero-order valence-corrected chi connectivity index (χ0v) is 17.7. The molecule has 0 saturated carbocycles. The molecule has 0 aliphatic heterocycles. The lowest BCUT2D eigenvalue weighted by molar-refractivity contribution is -0.179. The minimum Gasteiger partial charge on any atom is -0.396 e. The van der Waals surface area contributed by atoms with Crippen LogP contribution in [-0.4, -0.2) is 57.6 Å². The van der Waals surface area contributed by atoms with Gasteiger partial charge in [0.25, 0.3) is 0 Å². The molecular formula is C22H46O5. The van der Waals surface area contributed by atoms with E-state index in [4.69, 9.17) is 0 Å². The van der Waals surface area contributed by atoms with E-state index in [0.717, 1.165) is 19.3 Å². The number of unbranched alkanes of at least 4 members (excludes halogenated alkanes) is 13. The number of rotatable bonds is 20. The van der Waals surface area contributed by atoms with Gasteiger partial charge in [0, 0.05) is 5.41 Å². The van der Waals surface area contributed by atoms with E-state index in [2.05, 4.69) is 6.92 Å². The van der Waals surface area contributed by atoms with E-state index in [9.17, 15) is 25.5 Å². The third kappa shape index (κ3) is 10.2. The molecule has 5 nitrogen and oxygen atoms in total. The first-order chi connectivity index (χ1) is 13.1. The van der Waals surface area contributed by atoms with Gasteiger partial charge in [-0.25, -0.2) is 0 Å². The quantitative estimate of drug-likeness (QED) is 0.205. The van der Waals surface area contributed by atoms with E-state index in [-0.39, 0.29) is 0 Å². The molecule has 0 aliphatic carbocycles. The lowest BCUT2D eigenvalue weighted by Crippen LogP contribution is -2.58. The summed E-state index contributed by atoms with van der Waals surface area (Å²) in [6.45, 7) is -0.0225. The van der Waals surface area contributed by atoms with Gasteiger partial charge in [-0.1, -0.05) is 96.8 Å². The molecule has 0 aromatic rings. The van der Waals surface area contributed by atoms with E-state index in [1.807, 2.05) is 0 Å². The minimum atomic E-state index is -1.85. The van der Waals surface area contributed by atoms with E-state index in [1.165, 1.54) is 70.6 Å². The second kappa shape index (κ2) is 16.7.